The van der Waals surface area contributed by atoms with Crippen LogP contribution in [0.15, 0.2) is 41.4 Å². The summed E-state index contributed by atoms with van der Waals surface area (Å²) in [7, 11) is 3.54. The molecule has 0 unspecified atom stereocenters. The molecule has 6 heteroatoms. The van der Waals surface area contributed by atoms with Gasteiger partial charge in [0.25, 0.3) is 0 Å². The third-order valence-electron chi connectivity index (χ3n) is 4.54. The summed E-state index contributed by atoms with van der Waals surface area (Å²) in [5.74, 6) is 0.992. The molecule has 1 aromatic rings. The van der Waals surface area contributed by atoms with Crippen LogP contribution in [0.2, 0.25) is 0 Å². The normalized spacial score (nSPS) is 16.2. The van der Waals surface area contributed by atoms with Crippen molar-refractivity contribution in [3.05, 3.63) is 42.0 Å². The Hall–Kier alpha value is -1.89. The molecule has 1 aliphatic heterocycles. The van der Waals surface area contributed by atoms with E-state index < -0.39 is 0 Å². The zero-order valence-electron chi connectivity index (χ0n) is 16.8. The zero-order chi connectivity index (χ0) is 19.2. The zero-order valence-corrected chi connectivity index (χ0v) is 16.8. The van der Waals surface area contributed by atoms with Gasteiger partial charge in [-0.05, 0) is 12.0 Å². The van der Waals surface area contributed by atoms with Crippen molar-refractivity contribution in [3.63, 3.8) is 0 Å². The van der Waals surface area contributed by atoms with Crippen molar-refractivity contribution in [1.29, 1.82) is 0 Å². The lowest BCUT2D eigenvalue weighted by Gasteiger charge is -2.36. The highest BCUT2D eigenvalue weighted by Crippen LogP contribution is 2.05. The molecule has 0 aromatic heterocycles. The molecule has 150 valence electrons. The van der Waals surface area contributed by atoms with E-state index in [9.17, 15) is 0 Å². The van der Waals surface area contributed by atoms with Crippen LogP contribution in [-0.4, -0.2) is 89.0 Å². The van der Waals surface area contributed by atoms with Crippen molar-refractivity contribution >= 4 is 12.0 Å². The Labute approximate surface area is 163 Å². The van der Waals surface area contributed by atoms with E-state index in [-0.39, 0.29) is 0 Å². The van der Waals surface area contributed by atoms with Crippen molar-refractivity contribution in [1.82, 2.24) is 15.1 Å². The molecular formula is C21H34N4O2. The Morgan fingerprint density at radius 2 is 1.89 bits per heavy atom. The molecule has 0 saturated carbocycles. The van der Waals surface area contributed by atoms with Crippen molar-refractivity contribution in [2.45, 2.75) is 6.42 Å². The lowest BCUT2D eigenvalue weighted by Crippen LogP contribution is -2.52. The summed E-state index contributed by atoms with van der Waals surface area (Å²) in [6.45, 7) is 8.04. The highest BCUT2D eigenvalue weighted by Gasteiger charge is 2.18. The van der Waals surface area contributed by atoms with Gasteiger partial charge in [-0.3, -0.25) is 9.89 Å². The highest BCUT2D eigenvalue weighted by atomic mass is 16.5. The van der Waals surface area contributed by atoms with E-state index >= 15 is 0 Å². The molecule has 0 atom stereocenters. The van der Waals surface area contributed by atoms with Crippen molar-refractivity contribution in [3.8, 4) is 0 Å². The first kappa shape index (κ1) is 21.4. The summed E-state index contributed by atoms with van der Waals surface area (Å²) in [6.07, 6.45) is 5.41. The SMILES string of the molecule is CN=C(NCCCOCCOC)N1CCN(C/C=C/c2ccccc2)CC1. The molecule has 0 amide bonds. The summed E-state index contributed by atoms with van der Waals surface area (Å²) < 4.78 is 10.5. The molecule has 0 spiro atoms. The van der Waals surface area contributed by atoms with Gasteiger partial charge in [-0.1, -0.05) is 42.5 Å². The summed E-state index contributed by atoms with van der Waals surface area (Å²) in [5.41, 5.74) is 1.26. The minimum atomic E-state index is 0.653. The quantitative estimate of drug-likeness (QED) is 0.385. The molecule has 0 radical (unpaired) electrons. The van der Waals surface area contributed by atoms with Gasteiger partial charge in [-0.2, -0.15) is 0 Å². The molecular weight excluding hydrogens is 340 g/mol. The Kier molecular flexibility index (Phi) is 10.6. The summed E-state index contributed by atoms with van der Waals surface area (Å²) in [5, 5.41) is 3.44. The first-order valence-electron chi connectivity index (χ1n) is 9.79. The maximum absolute atomic E-state index is 5.49. The average Bonchev–Trinajstić information content (AvgIpc) is 2.72. The smallest absolute Gasteiger partial charge is 0.193 e. The van der Waals surface area contributed by atoms with Crippen LogP contribution < -0.4 is 5.32 Å². The molecule has 0 aliphatic carbocycles. The number of rotatable bonds is 10. The van der Waals surface area contributed by atoms with E-state index in [0.29, 0.717) is 13.2 Å². The van der Waals surface area contributed by atoms with Crippen LogP contribution in [0.5, 0.6) is 0 Å². The Morgan fingerprint density at radius 1 is 1.11 bits per heavy atom. The number of benzene rings is 1. The fourth-order valence-electron chi connectivity index (χ4n) is 3.00. The van der Waals surface area contributed by atoms with E-state index in [4.69, 9.17) is 9.47 Å². The van der Waals surface area contributed by atoms with Gasteiger partial charge in [0, 0.05) is 60.0 Å². The monoisotopic (exact) mass is 374 g/mol. The standard InChI is InChI=1S/C21H34N4O2/c1-22-21(23-11-7-17-27-19-18-26-2)25-15-13-24(14-16-25)12-6-10-20-8-4-3-5-9-20/h3-6,8-10H,7,11-19H2,1-2H3,(H,22,23)/b10-6+. The molecule has 1 saturated heterocycles. The van der Waals surface area contributed by atoms with Gasteiger partial charge in [0.2, 0.25) is 0 Å². The summed E-state index contributed by atoms with van der Waals surface area (Å²) in [6, 6.07) is 10.5. The number of guanidine groups is 1. The third-order valence-corrected chi connectivity index (χ3v) is 4.54. The lowest BCUT2D eigenvalue weighted by molar-refractivity contribution is 0.0697. The van der Waals surface area contributed by atoms with Gasteiger partial charge in [0.15, 0.2) is 5.96 Å². The van der Waals surface area contributed by atoms with Gasteiger partial charge in [0.05, 0.1) is 13.2 Å². The third kappa shape index (κ3) is 8.56. The molecule has 2 rings (SSSR count). The minimum absolute atomic E-state index is 0.653. The second kappa shape index (κ2) is 13.3. The molecule has 27 heavy (non-hydrogen) atoms. The van der Waals surface area contributed by atoms with Gasteiger partial charge >= 0.3 is 0 Å². The number of hydrogen-bond acceptors (Lipinski definition) is 4. The number of piperazine rings is 1. The summed E-state index contributed by atoms with van der Waals surface area (Å²) in [4.78, 5) is 9.24. The molecule has 0 bridgehead atoms. The second-order valence-electron chi connectivity index (χ2n) is 6.53. The molecule has 1 N–H and O–H groups in total. The van der Waals surface area contributed by atoms with Crippen molar-refractivity contribution in [2.24, 2.45) is 4.99 Å². The van der Waals surface area contributed by atoms with Gasteiger partial charge in [0.1, 0.15) is 0 Å². The first-order chi connectivity index (χ1) is 13.3. The van der Waals surface area contributed by atoms with E-state index in [1.54, 1.807) is 7.11 Å². The number of methoxy groups -OCH3 is 1. The fourth-order valence-corrected chi connectivity index (χ4v) is 3.00. The number of nitrogens with zero attached hydrogens (tertiary/aromatic N) is 3. The van der Waals surface area contributed by atoms with Gasteiger partial charge in [-0.25, -0.2) is 0 Å². The van der Waals surface area contributed by atoms with Crippen LogP contribution in [-0.2, 0) is 9.47 Å². The topological polar surface area (TPSA) is 49.3 Å². The lowest BCUT2D eigenvalue weighted by atomic mass is 10.2. The predicted octanol–water partition coefficient (Wildman–Crippen LogP) is 1.95. The maximum atomic E-state index is 5.49. The Bertz CT molecular complexity index is 555. The van der Waals surface area contributed by atoms with E-state index in [2.05, 4.69) is 56.5 Å². The number of aliphatic imine (C=N–C) groups is 1. The Balaban J connectivity index is 1.61. The number of ether oxygens (including phenoxy) is 2. The minimum Gasteiger partial charge on any atom is -0.382 e. The van der Waals surface area contributed by atoms with E-state index in [0.717, 1.165) is 58.3 Å². The highest BCUT2D eigenvalue weighted by molar-refractivity contribution is 5.79. The van der Waals surface area contributed by atoms with Crippen molar-refractivity contribution < 1.29 is 9.47 Å². The second-order valence-corrected chi connectivity index (χ2v) is 6.53. The van der Waals surface area contributed by atoms with Crippen LogP contribution >= 0.6 is 0 Å². The molecule has 1 heterocycles. The Morgan fingerprint density at radius 3 is 2.59 bits per heavy atom. The molecule has 6 nitrogen and oxygen atoms in total. The molecule has 1 aromatic carbocycles. The van der Waals surface area contributed by atoms with Crippen LogP contribution in [0.3, 0.4) is 0 Å². The fraction of sp³-hybridized carbons (Fsp3) is 0.571. The maximum Gasteiger partial charge on any atom is 0.193 e. The van der Waals surface area contributed by atoms with E-state index in [1.807, 2.05) is 13.1 Å². The van der Waals surface area contributed by atoms with Crippen LogP contribution in [0.1, 0.15) is 12.0 Å². The number of hydrogen-bond donors (Lipinski definition) is 1. The van der Waals surface area contributed by atoms with Crippen LogP contribution in [0.25, 0.3) is 6.08 Å². The van der Waals surface area contributed by atoms with Crippen molar-refractivity contribution in [2.75, 3.05) is 73.2 Å². The van der Waals surface area contributed by atoms with Gasteiger partial charge < -0.3 is 19.7 Å². The predicted molar refractivity (Wildman–Crippen MR) is 112 cm³/mol. The largest absolute Gasteiger partial charge is 0.382 e. The van der Waals surface area contributed by atoms with E-state index in [1.165, 1.54) is 5.56 Å². The molecule has 1 aliphatic rings. The average molecular weight is 375 g/mol. The summed E-state index contributed by atoms with van der Waals surface area (Å²) >= 11 is 0. The number of nitrogens with one attached hydrogen (secondary N) is 1. The van der Waals surface area contributed by atoms with Crippen LogP contribution in [0, 0.1) is 0 Å². The van der Waals surface area contributed by atoms with Gasteiger partial charge in [-0.15, -0.1) is 0 Å². The first-order valence-corrected chi connectivity index (χ1v) is 9.79. The molecule has 1 fully saturated rings. The van der Waals surface area contributed by atoms with Crippen LogP contribution in [0.4, 0.5) is 0 Å².